The lowest BCUT2D eigenvalue weighted by Gasteiger charge is -2.39. The van der Waals surface area contributed by atoms with E-state index >= 15 is 0 Å². The standard InChI is InChI=1S/C19H24Cl2N2O2/c20-15-7-6-13(10-16(15)21)11-18(25)19(17-5-1-2-8-22-17)23-9-3-4-14(24)12-23/h6-7,10,17,19,22H,1-5,8-9,11-12H2. The molecule has 0 saturated carbocycles. The number of hydrogen-bond acceptors (Lipinski definition) is 4. The van der Waals surface area contributed by atoms with Gasteiger partial charge in [-0.3, -0.25) is 14.5 Å². The van der Waals surface area contributed by atoms with E-state index in [1.165, 1.54) is 0 Å². The van der Waals surface area contributed by atoms with Crippen LogP contribution in [-0.4, -0.2) is 48.2 Å². The van der Waals surface area contributed by atoms with Crippen LogP contribution < -0.4 is 5.32 Å². The number of hydrogen-bond donors (Lipinski definition) is 1. The van der Waals surface area contributed by atoms with Crippen LogP contribution in [-0.2, 0) is 16.0 Å². The van der Waals surface area contributed by atoms with Gasteiger partial charge in [0.2, 0.25) is 0 Å². The second kappa shape index (κ2) is 8.63. The SMILES string of the molecule is O=C1CCCN(C(C(=O)Cc2ccc(Cl)c(Cl)c2)C2CCCCN2)C1. The topological polar surface area (TPSA) is 49.4 Å². The van der Waals surface area contributed by atoms with Crippen molar-refractivity contribution < 1.29 is 9.59 Å². The van der Waals surface area contributed by atoms with E-state index in [0.717, 1.165) is 44.3 Å². The Balaban J connectivity index is 1.78. The first kappa shape index (κ1) is 18.8. The Morgan fingerprint density at radius 3 is 2.76 bits per heavy atom. The number of Topliss-reactive ketones (excluding diaryl/α,β-unsaturated/α-hetero) is 2. The number of nitrogens with zero attached hydrogens (tertiary/aromatic N) is 1. The van der Waals surface area contributed by atoms with Crippen LogP contribution in [0, 0.1) is 0 Å². The largest absolute Gasteiger partial charge is 0.312 e. The molecule has 2 unspecified atom stereocenters. The van der Waals surface area contributed by atoms with Crippen molar-refractivity contribution in [2.75, 3.05) is 19.6 Å². The predicted octanol–water partition coefficient (Wildman–Crippen LogP) is 3.28. The van der Waals surface area contributed by atoms with Crippen molar-refractivity contribution in [2.45, 2.75) is 50.6 Å². The highest BCUT2D eigenvalue weighted by Crippen LogP contribution is 2.25. The van der Waals surface area contributed by atoms with Crippen LogP contribution in [0.15, 0.2) is 18.2 Å². The Morgan fingerprint density at radius 2 is 2.08 bits per heavy atom. The monoisotopic (exact) mass is 382 g/mol. The summed E-state index contributed by atoms with van der Waals surface area (Å²) in [4.78, 5) is 27.1. The van der Waals surface area contributed by atoms with E-state index in [9.17, 15) is 9.59 Å². The van der Waals surface area contributed by atoms with Gasteiger partial charge in [-0.15, -0.1) is 0 Å². The second-order valence-corrected chi connectivity index (χ2v) is 7.82. The van der Waals surface area contributed by atoms with Crippen molar-refractivity contribution in [1.82, 2.24) is 10.2 Å². The summed E-state index contributed by atoms with van der Waals surface area (Å²) in [6.07, 6.45) is 5.01. The molecular formula is C19H24Cl2N2O2. The number of piperidine rings is 2. The number of benzene rings is 1. The minimum atomic E-state index is -0.251. The zero-order chi connectivity index (χ0) is 17.8. The molecule has 2 fully saturated rings. The number of likely N-dealkylation sites (tertiary alicyclic amines) is 1. The van der Waals surface area contributed by atoms with Crippen LogP contribution in [0.2, 0.25) is 10.0 Å². The molecule has 0 spiro atoms. The first-order valence-corrected chi connectivity index (χ1v) is 9.76. The van der Waals surface area contributed by atoms with Crippen molar-refractivity contribution in [1.29, 1.82) is 0 Å². The summed E-state index contributed by atoms with van der Waals surface area (Å²) in [5.41, 5.74) is 0.864. The smallest absolute Gasteiger partial charge is 0.155 e. The Labute approximate surface area is 158 Å². The van der Waals surface area contributed by atoms with Crippen LogP contribution in [0.25, 0.3) is 0 Å². The number of carbonyl (C=O) groups is 2. The van der Waals surface area contributed by atoms with Crippen LogP contribution in [0.3, 0.4) is 0 Å². The molecular weight excluding hydrogens is 359 g/mol. The highest BCUT2D eigenvalue weighted by atomic mass is 35.5. The summed E-state index contributed by atoms with van der Waals surface area (Å²) in [6, 6.07) is 5.20. The van der Waals surface area contributed by atoms with Gasteiger partial charge in [-0.1, -0.05) is 35.7 Å². The molecule has 4 nitrogen and oxygen atoms in total. The lowest BCUT2D eigenvalue weighted by atomic mass is 9.89. The number of nitrogens with one attached hydrogen (secondary N) is 1. The molecule has 2 aliphatic rings. The van der Waals surface area contributed by atoms with E-state index in [2.05, 4.69) is 10.2 Å². The van der Waals surface area contributed by atoms with Gasteiger partial charge in [0, 0.05) is 18.9 Å². The predicted molar refractivity (Wildman–Crippen MR) is 100 cm³/mol. The molecule has 0 amide bonds. The molecule has 2 aliphatic heterocycles. The maximum Gasteiger partial charge on any atom is 0.155 e. The molecule has 3 rings (SSSR count). The third kappa shape index (κ3) is 4.82. The molecule has 0 radical (unpaired) electrons. The summed E-state index contributed by atoms with van der Waals surface area (Å²) in [5.74, 6) is 0.377. The molecule has 2 atom stereocenters. The van der Waals surface area contributed by atoms with Gasteiger partial charge in [0.15, 0.2) is 5.78 Å². The van der Waals surface area contributed by atoms with Crippen molar-refractivity contribution in [3.63, 3.8) is 0 Å². The number of carbonyl (C=O) groups excluding carboxylic acids is 2. The molecule has 0 aromatic heterocycles. The van der Waals surface area contributed by atoms with Gasteiger partial charge in [0.25, 0.3) is 0 Å². The van der Waals surface area contributed by atoms with E-state index in [4.69, 9.17) is 23.2 Å². The van der Waals surface area contributed by atoms with Gasteiger partial charge in [0.05, 0.1) is 22.6 Å². The molecule has 2 heterocycles. The van der Waals surface area contributed by atoms with Crippen molar-refractivity contribution in [3.05, 3.63) is 33.8 Å². The minimum absolute atomic E-state index is 0.120. The number of rotatable bonds is 5. The van der Waals surface area contributed by atoms with Gasteiger partial charge in [-0.2, -0.15) is 0 Å². The first-order chi connectivity index (χ1) is 12.0. The van der Waals surface area contributed by atoms with Crippen LogP contribution in [0.1, 0.15) is 37.7 Å². The van der Waals surface area contributed by atoms with Crippen molar-refractivity contribution in [3.8, 4) is 0 Å². The molecule has 6 heteroatoms. The summed E-state index contributed by atoms with van der Waals surface area (Å²) < 4.78 is 0. The molecule has 1 N–H and O–H groups in total. The summed E-state index contributed by atoms with van der Waals surface area (Å²) in [6.45, 7) is 2.13. The number of halogens is 2. The number of ketones is 2. The van der Waals surface area contributed by atoms with Gasteiger partial charge in [-0.25, -0.2) is 0 Å². The maximum atomic E-state index is 13.1. The fourth-order valence-electron chi connectivity index (χ4n) is 3.89. The van der Waals surface area contributed by atoms with Crippen LogP contribution in [0.4, 0.5) is 0 Å². The van der Waals surface area contributed by atoms with Gasteiger partial charge in [0.1, 0.15) is 5.78 Å². The summed E-state index contributed by atoms with van der Waals surface area (Å²) in [7, 11) is 0. The molecule has 0 bridgehead atoms. The van der Waals surface area contributed by atoms with Crippen molar-refractivity contribution in [2.24, 2.45) is 0 Å². The molecule has 2 saturated heterocycles. The normalized spacial score (nSPS) is 23.4. The summed E-state index contributed by atoms with van der Waals surface area (Å²) in [5, 5.41) is 4.45. The average molecular weight is 383 g/mol. The highest BCUT2D eigenvalue weighted by molar-refractivity contribution is 6.42. The summed E-state index contributed by atoms with van der Waals surface area (Å²) >= 11 is 12.0. The van der Waals surface area contributed by atoms with E-state index in [1.807, 2.05) is 6.07 Å². The fraction of sp³-hybridized carbons (Fsp3) is 0.579. The minimum Gasteiger partial charge on any atom is -0.312 e. The third-order valence-electron chi connectivity index (χ3n) is 5.10. The Morgan fingerprint density at radius 1 is 1.24 bits per heavy atom. The van der Waals surface area contributed by atoms with Crippen LogP contribution in [0.5, 0.6) is 0 Å². The fourth-order valence-corrected chi connectivity index (χ4v) is 4.21. The molecule has 1 aromatic carbocycles. The lowest BCUT2D eigenvalue weighted by Crippen LogP contribution is -2.58. The van der Waals surface area contributed by atoms with Gasteiger partial charge < -0.3 is 5.32 Å². The van der Waals surface area contributed by atoms with E-state index in [-0.39, 0.29) is 23.7 Å². The van der Waals surface area contributed by atoms with E-state index < -0.39 is 0 Å². The molecule has 1 aromatic rings. The maximum absolute atomic E-state index is 13.1. The Hall–Kier alpha value is -0.940. The Bertz CT molecular complexity index is 644. The van der Waals surface area contributed by atoms with E-state index in [0.29, 0.717) is 29.4 Å². The quantitative estimate of drug-likeness (QED) is 0.848. The van der Waals surface area contributed by atoms with Gasteiger partial charge >= 0.3 is 0 Å². The average Bonchev–Trinajstić information content (AvgIpc) is 2.59. The zero-order valence-electron chi connectivity index (χ0n) is 14.3. The molecule has 136 valence electrons. The molecule has 0 aliphatic carbocycles. The Kier molecular flexibility index (Phi) is 6.50. The second-order valence-electron chi connectivity index (χ2n) is 7.01. The third-order valence-corrected chi connectivity index (χ3v) is 5.83. The highest BCUT2D eigenvalue weighted by Gasteiger charge is 2.36. The zero-order valence-corrected chi connectivity index (χ0v) is 15.8. The first-order valence-electron chi connectivity index (χ1n) is 9.00. The molecule has 25 heavy (non-hydrogen) atoms. The van der Waals surface area contributed by atoms with Crippen LogP contribution >= 0.6 is 23.2 Å². The lowest BCUT2D eigenvalue weighted by molar-refractivity contribution is -0.129. The van der Waals surface area contributed by atoms with E-state index in [1.54, 1.807) is 12.1 Å². The van der Waals surface area contributed by atoms with Crippen molar-refractivity contribution >= 4 is 34.8 Å². The van der Waals surface area contributed by atoms with Gasteiger partial charge in [-0.05, 0) is 50.0 Å².